The van der Waals surface area contributed by atoms with Gasteiger partial charge >= 0.3 is 5.97 Å². The summed E-state index contributed by atoms with van der Waals surface area (Å²) in [4.78, 5) is 9.12. The van der Waals surface area contributed by atoms with Crippen LogP contribution in [-0.2, 0) is 9.53 Å². The zero-order chi connectivity index (χ0) is 10.8. The third-order valence-electron chi connectivity index (χ3n) is 3.22. The highest BCUT2D eigenvalue weighted by atomic mass is 16.6. The molecule has 1 aliphatic heterocycles. The van der Waals surface area contributed by atoms with E-state index in [1.54, 1.807) is 0 Å². The Morgan fingerprint density at radius 1 is 1.29 bits per heavy atom. The second-order valence-electron chi connectivity index (χ2n) is 4.32. The normalized spacial score (nSPS) is 39.1. The fraction of sp³-hybridized carbons (Fsp3) is 0.900. The first-order chi connectivity index (χ1) is 6.43. The third kappa shape index (κ3) is 2.25. The van der Waals surface area contributed by atoms with Crippen LogP contribution < -0.4 is 0 Å². The van der Waals surface area contributed by atoms with E-state index in [-0.39, 0.29) is 11.2 Å². The Kier molecular flexibility index (Phi) is 3.17. The summed E-state index contributed by atoms with van der Waals surface area (Å²) in [5.41, 5.74) is 0.566. The number of aliphatic hydroxyl groups is 1. The monoisotopic (exact) mass is 202 g/mol. The molecule has 2 atom stereocenters. The molecule has 0 radical (unpaired) electrons. The highest BCUT2D eigenvalue weighted by Crippen LogP contribution is 2.56. The van der Waals surface area contributed by atoms with Crippen LogP contribution in [0.3, 0.4) is 0 Å². The molecular formula is C10H18O4. The lowest BCUT2D eigenvalue weighted by atomic mass is 9.82. The van der Waals surface area contributed by atoms with Crippen LogP contribution in [0.15, 0.2) is 0 Å². The fourth-order valence-corrected chi connectivity index (χ4v) is 2.03. The van der Waals surface area contributed by atoms with Crippen molar-refractivity contribution < 1.29 is 19.7 Å². The Labute approximate surface area is 83.9 Å². The zero-order valence-corrected chi connectivity index (χ0v) is 8.75. The second-order valence-corrected chi connectivity index (χ2v) is 4.32. The molecular weight excluding hydrogens is 184 g/mol. The van der Waals surface area contributed by atoms with Crippen molar-refractivity contribution >= 4 is 5.97 Å². The van der Waals surface area contributed by atoms with Crippen molar-refractivity contribution in [3.63, 3.8) is 0 Å². The summed E-state index contributed by atoms with van der Waals surface area (Å²) in [6.07, 6.45) is 5.30. The molecule has 0 spiro atoms. The topological polar surface area (TPSA) is 70.1 Å². The zero-order valence-electron chi connectivity index (χ0n) is 8.75. The van der Waals surface area contributed by atoms with Crippen LogP contribution in [0.2, 0.25) is 0 Å². The fourth-order valence-electron chi connectivity index (χ4n) is 2.03. The summed E-state index contributed by atoms with van der Waals surface area (Å²) in [6.45, 7) is 3.71. The number of aliphatic carboxylic acids is 1. The van der Waals surface area contributed by atoms with Crippen molar-refractivity contribution in [1.29, 1.82) is 0 Å². The molecule has 1 saturated carbocycles. The van der Waals surface area contributed by atoms with Gasteiger partial charge in [0.1, 0.15) is 6.61 Å². The minimum atomic E-state index is -1.19. The summed E-state index contributed by atoms with van der Waals surface area (Å²) in [6, 6.07) is 0. The molecule has 1 aliphatic carbocycles. The number of aliphatic hydroxyl groups excluding tert-OH is 1. The summed E-state index contributed by atoms with van der Waals surface area (Å²) in [7, 11) is 0. The van der Waals surface area contributed by atoms with E-state index in [2.05, 4.69) is 13.8 Å². The van der Waals surface area contributed by atoms with Gasteiger partial charge in [-0.1, -0.05) is 12.8 Å². The van der Waals surface area contributed by atoms with Crippen LogP contribution in [0.1, 0.15) is 39.5 Å². The number of carboxylic acids is 1. The molecule has 2 fully saturated rings. The van der Waals surface area contributed by atoms with Gasteiger partial charge in [0.05, 0.1) is 11.2 Å². The minimum absolute atomic E-state index is 0.283. The van der Waals surface area contributed by atoms with Gasteiger partial charge in [0, 0.05) is 0 Å². The van der Waals surface area contributed by atoms with Crippen molar-refractivity contribution in [3.8, 4) is 0 Å². The molecule has 2 aliphatic rings. The molecule has 2 unspecified atom stereocenters. The number of hydrogen-bond donors (Lipinski definition) is 2. The predicted molar refractivity (Wildman–Crippen MR) is 51.1 cm³/mol. The molecule has 14 heavy (non-hydrogen) atoms. The maximum Gasteiger partial charge on any atom is 0.329 e. The lowest BCUT2D eigenvalue weighted by molar-refractivity contribution is -0.140. The first-order valence-corrected chi connectivity index (χ1v) is 4.96. The van der Waals surface area contributed by atoms with Gasteiger partial charge in [-0.05, 0) is 26.7 Å². The van der Waals surface area contributed by atoms with Gasteiger partial charge in [-0.15, -0.1) is 0 Å². The van der Waals surface area contributed by atoms with E-state index in [0.29, 0.717) is 0 Å². The number of fused-ring (bicyclic) bond motifs is 1. The number of epoxide rings is 1. The van der Waals surface area contributed by atoms with Gasteiger partial charge in [-0.3, -0.25) is 0 Å². The van der Waals surface area contributed by atoms with Crippen LogP contribution in [-0.4, -0.2) is 34.0 Å². The smallest absolute Gasteiger partial charge is 0.329 e. The largest absolute Gasteiger partial charge is 0.480 e. The maximum atomic E-state index is 9.12. The summed E-state index contributed by atoms with van der Waals surface area (Å²) in [5, 5.41) is 15.0. The lowest BCUT2D eigenvalue weighted by Gasteiger charge is -2.17. The SMILES string of the molecule is CC12CCCCC1(C)O2.O=C(O)CO. The number of carbonyl (C=O) groups is 1. The van der Waals surface area contributed by atoms with Gasteiger partial charge in [0.25, 0.3) is 0 Å². The van der Waals surface area contributed by atoms with E-state index in [1.165, 1.54) is 25.7 Å². The van der Waals surface area contributed by atoms with Crippen LogP contribution in [0.4, 0.5) is 0 Å². The highest BCUT2D eigenvalue weighted by Gasteiger charge is 2.63. The van der Waals surface area contributed by atoms with Crippen molar-refractivity contribution in [1.82, 2.24) is 0 Å². The van der Waals surface area contributed by atoms with Gasteiger partial charge in [0.15, 0.2) is 0 Å². The lowest BCUT2D eigenvalue weighted by Crippen LogP contribution is -2.23. The van der Waals surface area contributed by atoms with Crippen LogP contribution >= 0.6 is 0 Å². The quantitative estimate of drug-likeness (QED) is 0.626. The molecule has 2 N–H and O–H groups in total. The van der Waals surface area contributed by atoms with Gasteiger partial charge in [0.2, 0.25) is 0 Å². The molecule has 0 aromatic heterocycles. The predicted octanol–water partition coefficient (Wildman–Crippen LogP) is 1.17. The van der Waals surface area contributed by atoms with E-state index >= 15 is 0 Å². The van der Waals surface area contributed by atoms with Crippen molar-refractivity contribution in [2.24, 2.45) is 0 Å². The van der Waals surface area contributed by atoms with Gasteiger partial charge < -0.3 is 14.9 Å². The number of ether oxygens (including phenoxy) is 1. The van der Waals surface area contributed by atoms with Crippen LogP contribution in [0, 0.1) is 0 Å². The third-order valence-corrected chi connectivity index (χ3v) is 3.22. The molecule has 0 amide bonds. The molecule has 0 bridgehead atoms. The standard InChI is InChI=1S/C8H14O.C2H4O3/c1-7-5-3-4-6-8(7,2)9-7;3-1-2(4)5/h3-6H2,1-2H3;3H,1H2,(H,4,5). The van der Waals surface area contributed by atoms with Crippen LogP contribution in [0.25, 0.3) is 0 Å². The van der Waals surface area contributed by atoms with E-state index in [9.17, 15) is 0 Å². The molecule has 1 saturated heterocycles. The van der Waals surface area contributed by atoms with Crippen molar-refractivity contribution in [2.45, 2.75) is 50.7 Å². The number of hydrogen-bond acceptors (Lipinski definition) is 3. The Balaban J connectivity index is 0.000000171. The minimum Gasteiger partial charge on any atom is -0.480 e. The second kappa shape index (κ2) is 3.87. The summed E-state index contributed by atoms with van der Waals surface area (Å²) >= 11 is 0. The Morgan fingerprint density at radius 2 is 1.64 bits per heavy atom. The highest BCUT2D eigenvalue weighted by molar-refractivity contribution is 5.67. The molecule has 2 rings (SSSR count). The molecule has 0 aromatic carbocycles. The van der Waals surface area contributed by atoms with Crippen molar-refractivity contribution in [2.75, 3.05) is 6.61 Å². The van der Waals surface area contributed by atoms with Crippen LogP contribution in [0.5, 0.6) is 0 Å². The maximum absolute atomic E-state index is 9.12. The van der Waals surface area contributed by atoms with Crippen molar-refractivity contribution in [3.05, 3.63) is 0 Å². The first kappa shape index (κ1) is 11.5. The number of rotatable bonds is 1. The van der Waals surface area contributed by atoms with Gasteiger partial charge in [-0.2, -0.15) is 0 Å². The first-order valence-electron chi connectivity index (χ1n) is 4.96. The average Bonchev–Trinajstić information content (AvgIpc) is 2.69. The molecule has 1 heterocycles. The van der Waals surface area contributed by atoms with E-state index in [0.717, 1.165) is 0 Å². The molecule has 82 valence electrons. The molecule has 4 nitrogen and oxygen atoms in total. The molecule has 0 aromatic rings. The number of carboxylic acid groups (broad SMARTS) is 1. The van der Waals surface area contributed by atoms with E-state index in [1.807, 2.05) is 0 Å². The molecule has 4 heteroatoms. The van der Waals surface area contributed by atoms with Gasteiger partial charge in [-0.25, -0.2) is 4.79 Å². The Hall–Kier alpha value is -0.610. The van der Waals surface area contributed by atoms with E-state index < -0.39 is 12.6 Å². The Bertz CT molecular complexity index is 204. The summed E-state index contributed by atoms with van der Waals surface area (Å²) in [5.74, 6) is -1.19. The average molecular weight is 202 g/mol. The van der Waals surface area contributed by atoms with E-state index in [4.69, 9.17) is 19.7 Å². The Morgan fingerprint density at radius 3 is 1.86 bits per heavy atom. The summed E-state index contributed by atoms with van der Waals surface area (Å²) < 4.78 is 5.65.